The molecule has 0 fully saturated rings. The van der Waals surface area contributed by atoms with Crippen LogP contribution in [0.15, 0.2) is 42.5 Å². The highest BCUT2D eigenvalue weighted by molar-refractivity contribution is 5.71. The van der Waals surface area contributed by atoms with Crippen molar-refractivity contribution in [1.29, 1.82) is 0 Å². The Hall–Kier alpha value is -2.74. The molecule has 224 valence electrons. The highest BCUT2D eigenvalue weighted by Crippen LogP contribution is 2.24. The van der Waals surface area contributed by atoms with Crippen LogP contribution in [-0.2, 0) is 9.47 Å². The summed E-state index contributed by atoms with van der Waals surface area (Å²) in [5, 5.41) is 57.2. The molecule has 6 N–H and O–H groups in total. The number of hydrogen-bond donors (Lipinski definition) is 6. The number of aliphatic hydroxyl groups excluding tert-OH is 6. The first-order valence-corrected chi connectivity index (χ1v) is 12.8. The fourth-order valence-electron chi connectivity index (χ4n) is 3.47. The van der Waals surface area contributed by atoms with Crippen LogP contribution in [0.1, 0.15) is 11.1 Å². The lowest BCUT2D eigenvalue weighted by atomic mass is 9.92. The molecule has 0 radical (unpaired) electrons. The van der Waals surface area contributed by atoms with Crippen molar-refractivity contribution in [1.82, 2.24) is 0 Å². The molecule has 0 atom stereocenters. The Morgan fingerprint density at radius 1 is 0.600 bits per heavy atom. The predicted molar refractivity (Wildman–Crippen MR) is 148 cm³/mol. The molecule has 11 heteroatoms. The maximum absolute atomic E-state index is 9.54. The van der Waals surface area contributed by atoms with Gasteiger partial charge in [0.05, 0.1) is 91.1 Å². The highest BCUT2D eigenvalue weighted by Gasteiger charge is 2.31. The van der Waals surface area contributed by atoms with E-state index < -0.39 is 56.6 Å². The number of hydrogen-bond acceptors (Lipinski definition) is 11. The van der Waals surface area contributed by atoms with Crippen molar-refractivity contribution in [2.24, 2.45) is 10.8 Å². The van der Waals surface area contributed by atoms with Gasteiger partial charge in [0.1, 0.15) is 23.4 Å². The minimum atomic E-state index is -1.20. The maximum atomic E-state index is 9.54. The Bertz CT molecular complexity index is 937. The Labute approximate surface area is 234 Å². The zero-order valence-electron chi connectivity index (χ0n) is 23.1. The highest BCUT2D eigenvalue weighted by atomic mass is 16.6. The number of ether oxygens (including phenoxy) is 5. The van der Waals surface area contributed by atoms with Gasteiger partial charge in [0.15, 0.2) is 0 Å². The molecule has 0 bridgehead atoms. The molecule has 0 spiro atoms. The summed E-state index contributed by atoms with van der Waals surface area (Å²) in [5.41, 5.74) is -0.589. The molecule has 2 rings (SSSR count). The van der Waals surface area contributed by atoms with E-state index in [1.54, 1.807) is 32.4 Å². The molecule has 0 aromatic heterocycles. The molecule has 11 nitrogen and oxygen atoms in total. The van der Waals surface area contributed by atoms with E-state index in [0.717, 1.165) is 11.1 Å². The van der Waals surface area contributed by atoms with Gasteiger partial charge in [-0.1, -0.05) is 24.3 Å². The van der Waals surface area contributed by atoms with Crippen molar-refractivity contribution in [2.75, 3.05) is 80.3 Å². The molecule has 0 saturated carbocycles. The smallest absolute Gasteiger partial charge is 0.145 e. The molecule has 0 heterocycles. The Kier molecular flexibility index (Phi) is 14.4. The van der Waals surface area contributed by atoms with Crippen molar-refractivity contribution in [3.8, 4) is 17.2 Å². The van der Waals surface area contributed by atoms with Crippen LogP contribution in [0.5, 0.6) is 17.2 Å². The molecular weight excluding hydrogens is 524 g/mol. The Balaban J connectivity index is 2.09. The van der Waals surface area contributed by atoms with Crippen LogP contribution in [0.25, 0.3) is 12.2 Å². The fourth-order valence-corrected chi connectivity index (χ4v) is 3.47. The minimum Gasteiger partial charge on any atom is -0.497 e. The molecule has 0 aliphatic rings. The molecule has 2 aromatic rings. The number of benzene rings is 2. The summed E-state index contributed by atoms with van der Waals surface area (Å²) in [6, 6.07) is 12.9. The van der Waals surface area contributed by atoms with Gasteiger partial charge in [0.2, 0.25) is 0 Å². The molecule has 2 aromatic carbocycles. The van der Waals surface area contributed by atoms with Crippen molar-refractivity contribution < 1.29 is 54.3 Å². The summed E-state index contributed by atoms with van der Waals surface area (Å²) in [5.74, 6) is 1.89. The van der Waals surface area contributed by atoms with Crippen molar-refractivity contribution in [3.63, 3.8) is 0 Å². The average Bonchev–Trinajstić information content (AvgIpc) is 3.01. The van der Waals surface area contributed by atoms with Crippen LogP contribution in [0, 0.1) is 10.8 Å². The second-order valence-corrected chi connectivity index (χ2v) is 9.77. The van der Waals surface area contributed by atoms with E-state index in [4.69, 9.17) is 23.7 Å². The van der Waals surface area contributed by atoms with Crippen LogP contribution in [0.2, 0.25) is 0 Å². The third kappa shape index (κ3) is 10.0. The predicted octanol–water partition coefficient (Wildman–Crippen LogP) is 0.581. The van der Waals surface area contributed by atoms with Gasteiger partial charge < -0.3 is 54.3 Å². The van der Waals surface area contributed by atoms with E-state index >= 15 is 0 Å². The first-order chi connectivity index (χ1) is 19.3. The lowest BCUT2D eigenvalue weighted by Gasteiger charge is -2.29. The summed E-state index contributed by atoms with van der Waals surface area (Å²) < 4.78 is 28.0. The fraction of sp³-hybridized carbons (Fsp3) is 0.517. The SMILES string of the molecule is COc1cc(/C=C/c2ccc(OC(COCC(CO)(CO)CO)COCC(CO)(CO)CO)cc2)cc(OC)c1. The van der Waals surface area contributed by atoms with E-state index in [2.05, 4.69) is 0 Å². The third-order valence-corrected chi connectivity index (χ3v) is 6.46. The molecule has 0 unspecified atom stereocenters. The molecule has 0 amide bonds. The minimum absolute atomic E-state index is 0.00848. The number of rotatable bonds is 20. The molecule has 0 saturated heterocycles. The largest absolute Gasteiger partial charge is 0.497 e. The van der Waals surface area contributed by atoms with Crippen LogP contribution in [0.3, 0.4) is 0 Å². The van der Waals surface area contributed by atoms with Crippen molar-refractivity contribution in [3.05, 3.63) is 53.6 Å². The van der Waals surface area contributed by atoms with Crippen LogP contribution >= 0.6 is 0 Å². The van der Waals surface area contributed by atoms with Crippen molar-refractivity contribution in [2.45, 2.75) is 6.10 Å². The zero-order valence-corrected chi connectivity index (χ0v) is 23.1. The summed E-state index contributed by atoms with van der Waals surface area (Å²) >= 11 is 0. The van der Waals surface area contributed by atoms with Gasteiger partial charge in [-0.05, 0) is 35.4 Å². The summed E-state index contributed by atoms with van der Waals surface area (Å²) in [4.78, 5) is 0. The van der Waals surface area contributed by atoms with E-state index in [9.17, 15) is 30.6 Å². The maximum Gasteiger partial charge on any atom is 0.145 e. The Morgan fingerprint density at radius 3 is 1.43 bits per heavy atom. The molecule has 40 heavy (non-hydrogen) atoms. The zero-order chi connectivity index (χ0) is 29.4. The third-order valence-electron chi connectivity index (χ3n) is 6.46. The van der Waals surface area contributed by atoms with Gasteiger partial charge >= 0.3 is 0 Å². The van der Waals surface area contributed by atoms with E-state index in [0.29, 0.717) is 17.2 Å². The molecule has 0 aliphatic heterocycles. The van der Waals surface area contributed by atoms with E-state index in [1.165, 1.54) is 0 Å². The quantitative estimate of drug-likeness (QED) is 0.124. The monoisotopic (exact) mass is 566 g/mol. The summed E-state index contributed by atoms with van der Waals surface area (Å²) in [7, 11) is 3.18. The van der Waals surface area contributed by atoms with E-state index in [1.807, 2.05) is 36.4 Å². The van der Waals surface area contributed by atoms with Crippen LogP contribution in [-0.4, -0.2) is 117 Å². The second kappa shape index (κ2) is 17.2. The number of aliphatic hydroxyl groups is 6. The van der Waals surface area contributed by atoms with E-state index in [-0.39, 0.29) is 26.4 Å². The lowest BCUT2D eigenvalue weighted by molar-refractivity contribution is -0.0948. The topological polar surface area (TPSA) is 168 Å². The second-order valence-electron chi connectivity index (χ2n) is 9.77. The molecule has 0 aliphatic carbocycles. The van der Waals surface area contributed by atoms with Crippen molar-refractivity contribution >= 4 is 12.2 Å². The Morgan fingerprint density at radius 2 is 1.02 bits per heavy atom. The van der Waals surface area contributed by atoms with Gasteiger partial charge in [-0.15, -0.1) is 0 Å². The average molecular weight is 567 g/mol. The van der Waals surface area contributed by atoms with Gasteiger partial charge in [-0.25, -0.2) is 0 Å². The summed E-state index contributed by atoms with van der Waals surface area (Å²) in [6.45, 7) is -3.06. The van der Waals surface area contributed by atoms with Crippen LogP contribution < -0.4 is 14.2 Å². The summed E-state index contributed by atoms with van der Waals surface area (Å²) in [6.07, 6.45) is 3.20. The standard InChI is InChI=1S/C29H42O11/c1-36-25-9-23(10-26(11-25)37-2)4-3-22-5-7-24(8-6-22)40-27(12-38-20-28(14-30,15-31)16-32)13-39-21-29(17-33,18-34)19-35/h3-11,27,30-35H,12-21H2,1-2H3/b4-3+. The normalized spacial score (nSPS) is 12.3. The lowest BCUT2D eigenvalue weighted by Crippen LogP contribution is -2.42. The van der Waals surface area contributed by atoms with Gasteiger partial charge in [0.25, 0.3) is 0 Å². The van der Waals surface area contributed by atoms with Gasteiger partial charge in [-0.3, -0.25) is 0 Å². The van der Waals surface area contributed by atoms with Crippen LogP contribution in [0.4, 0.5) is 0 Å². The van der Waals surface area contributed by atoms with Gasteiger partial charge in [-0.2, -0.15) is 0 Å². The first kappa shape index (κ1) is 33.5. The first-order valence-electron chi connectivity index (χ1n) is 12.8. The molecular formula is C29H42O11. The number of methoxy groups -OCH3 is 2. The van der Waals surface area contributed by atoms with Gasteiger partial charge in [0, 0.05) is 6.07 Å².